The molecular formula is C21H8Cl3NO3. The molecule has 1 aliphatic heterocycles. The van der Waals surface area contributed by atoms with Crippen LogP contribution in [-0.2, 0) is 0 Å². The Labute approximate surface area is 174 Å². The number of ketones is 3. The van der Waals surface area contributed by atoms with E-state index in [9.17, 15) is 14.4 Å². The van der Waals surface area contributed by atoms with Gasteiger partial charge in [0, 0.05) is 27.3 Å². The van der Waals surface area contributed by atoms with Gasteiger partial charge in [0.25, 0.3) is 0 Å². The second-order valence-electron chi connectivity index (χ2n) is 6.55. The zero-order valence-corrected chi connectivity index (χ0v) is 16.2. The molecule has 0 fully saturated rings. The fraction of sp³-hybridized carbons (Fsp3) is 0.0476. The van der Waals surface area contributed by atoms with Gasteiger partial charge in [0.1, 0.15) is 0 Å². The van der Waals surface area contributed by atoms with E-state index in [-0.39, 0.29) is 61.6 Å². The van der Waals surface area contributed by atoms with Crippen LogP contribution in [0.15, 0.2) is 64.2 Å². The Kier molecular flexibility index (Phi) is 3.75. The van der Waals surface area contributed by atoms with Gasteiger partial charge in [0.05, 0.1) is 32.9 Å². The average molecular weight is 429 g/mol. The van der Waals surface area contributed by atoms with E-state index in [1.165, 1.54) is 18.2 Å². The minimum absolute atomic E-state index is 0.0613. The lowest BCUT2D eigenvalue weighted by Gasteiger charge is -2.30. The normalized spacial score (nSPS) is 20.1. The summed E-state index contributed by atoms with van der Waals surface area (Å²) in [6, 6.07) is 9.47. The summed E-state index contributed by atoms with van der Waals surface area (Å²) < 4.78 is 0. The highest BCUT2D eigenvalue weighted by Crippen LogP contribution is 2.43. The number of alkyl halides is 1. The van der Waals surface area contributed by atoms with E-state index in [1.807, 2.05) is 0 Å². The quantitative estimate of drug-likeness (QED) is 0.543. The molecule has 0 saturated heterocycles. The van der Waals surface area contributed by atoms with Gasteiger partial charge in [-0.25, -0.2) is 4.99 Å². The van der Waals surface area contributed by atoms with Crippen LogP contribution < -0.4 is 0 Å². The molecule has 0 N–H and O–H groups in total. The number of hydrogen-bond donors (Lipinski definition) is 0. The number of rotatable bonds is 0. The number of hydrogen-bond acceptors (Lipinski definition) is 4. The average Bonchev–Trinajstić information content (AvgIpc) is 2.67. The molecule has 1 atom stereocenters. The topological polar surface area (TPSA) is 63.6 Å². The van der Waals surface area contributed by atoms with Crippen molar-refractivity contribution < 1.29 is 14.4 Å². The second kappa shape index (κ2) is 5.98. The van der Waals surface area contributed by atoms with Gasteiger partial charge in [0.2, 0.25) is 0 Å². The highest BCUT2D eigenvalue weighted by atomic mass is 35.5. The van der Waals surface area contributed by atoms with Gasteiger partial charge in [0.15, 0.2) is 17.3 Å². The molecule has 28 heavy (non-hydrogen) atoms. The van der Waals surface area contributed by atoms with Crippen molar-refractivity contribution in [2.75, 3.05) is 0 Å². The standard InChI is InChI=1S/C21H8Cl3NO3/c22-8-5-11-17(14(24)6-8)25-18-12(19(11)26)7-13(23)15-16(18)21(28)10-4-2-1-3-9(10)20(15)27/h1-7,13H. The van der Waals surface area contributed by atoms with Crippen LogP contribution in [0.5, 0.6) is 0 Å². The predicted octanol–water partition coefficient (Wildman–Crippen LogP) is 5.19. The van der Waals surface area contributed by atoms with E-state index in [0.29, 0.717) is 10.6 Å². The molecule has 0 amide bonds. The van der Waals surface area contributed by atoms with Gasteiger partial charge in [-0.05, 0) is 18.2 Å². The van der Waals surface area contributed by atoms with E-state index >= 15 is 0 Å². The third kappa shape index (κ3) is 2.26. The van der Waals surface area contributed by atoms with Crippen LogP contribution in [-0.4, -0.2) is 28.4 Å². The van der Waals surface area contributed by atoms with Crippen molar-refractivity contribution in [1.82, 2.24) is 0 Å². The van der Waals surface area contributed by atoms with Crippen molar-refractivity contribution in [3.05, 3.63) is 85.9 Å². The molecule has 1 unspecified atom stereocenters. The third-order valence-electron chi connectivity index (χ3n) is 4.98. The van der Waals surface area contributed by atoms with Crippen molar-refractivity contribution >= 4 is 63.6 Å². The van der Waals surface area contributed by atoms with E-state index in [2.05, 4.69) is 4.99 Å². The summed E-state index contributed by atoms with van der Waals surface area (Å²) in [6.07, 6.45) is 1.46. The fourth-order valence-corrected chi connectivity index (χ4v) is 4.62. The van der Waals surface area contributed by atoms with Crippen molar-refractivity contribution in [3.8, 4) is 0 Å². The number of carbonyl (C=O) groups is 3. The minimum Gasteiger partial charge on any atom is -0.289 e. The first-order chi connectivity index (χ1) is 13.4. The largest absolute Gasteiger partial charge is 0.289 e. The second-order valence-corrected chi connectivity index (χ2v) is 7.86. The molecular weight excluding hydrogens is 421 g/mol. The number of allylic oxidation sites excluding steroid dienone is 4. The summed E-state index contributed by atoms with van der Waals surface area (Å²) >= 11 is 18.7. The smallest absolute Gasteiger partial charge is 0.197 e. The Morgan fingerprint density at radius 1 is 0.857 bits per heavy atom. The molecule has 0 spiro atoms. The van der Waals surface area contributed by atoms with Gasteiger partial charge < -0.3 is 0 Å². The predicted molar refractivity (Wildman–Crippen MR) is 108 cm³/mol. The lowest BCUT2D eigenvalue weighted by Crippen LogP contribution is -2.36. The first kappa shape index (κ1) is 17.6. The van der Waals surface area contributed by atoms with E-state index < -0.39 is 5.38 Å². The van der Waals surface area contributed by atoms with Crippen molar-refractivity contribution in [3.63, 3.8) is 0 Å². The Morgan fingerprint density at radius 2 is 1.54 bits per heavy atom. The fourth-order valence-electron chi connectivity index (χ4n) is 3.75. The van der Waals surface area contributed by atoms with Gasteiger partial charge >= 0.3 is 0 Å². The van der Waals surface area contributed by atoms with Crippen LogP contribution >= 0.6 is 34.8 Å². The van der Waals surface area contributed by atoms with Crippen LogP contribution in [0, 0.1) is 0 Å². The molecule has 1 heterocycles. The SMILES string of the molecule is O=C1C2=C(C(=O)c3ccccc31)C(Cl)C=C1C(=O)c3cc(Cl)cc(Cl)c3N=C12. The molecule has 2 aliphatic carbocycles. The Balaban J connectivity index is 1.82. The summed E-state index contributed by atoms with van der Waals surface area (Å²) in [5.41, 5.74) is 1.51. The van der Waals surface area contributed by atoms with Crippen molar-refractivity contribution in [1.29, 1.82) is 0 Å². The molecule has 0 aromatic heterocycles. The zero-order valence-electron chi connectivity index (χ0n) is 13.9. The molecule has 0 radical (unpaired) electrons. The van der Waals surface area contributed by atoms with E-state index in [1.54, 1.807) is 24.3 Å². The highest BCUT2D eigenvalue weighted by molar-refractivity contribution is 6.51. The molecule has 2 aromatic rings. The molecule has 7 heteroatoms. The van der Waals surface area contributed by atoms with E-state index in [4.69, 9.17) is 34.8 Å². The zero-order chi connectivity index (χ0) is 19.7. The van der Waals surface area contributed by atoms with Crippen molar-refractivity contribution in [2.45, 2.75) is 5.38 Å². The monoisotopic (exact) mass is 427 g/mol. The summed E-state index contributed by atoms with van der Waals surface area (Å²) in [5, 5.41) is -0.436. The molecule has 2 aromatic carbocycles. The number of aliphatic imine (C=N–C) groups is 1. The molecule has 0 saturated carbocycles. The number of nitrogens with zero attached hydrogens (tertiary/aromatic N) is 1. The first-order valence-corrected chi connectivity index (χ1v) is 9.49. The minimum atomic E-state index is -0.922. The molecule has 3 aliphatic rings. The van der Waals surface area contributed by atoms with E-state index in [0.717, 1.165) is 0 Å². The van der Waals surface area contributed by atoms with Crippen LogP contribution in [0.1, 0.15) is 31.1 Å². The summed E-state index contributed by atoms with van der Waals surface area (Å²) in [7, 11) is 0. The molecule has 0 bridgehead atoms. The lowest BCUT2D eigenvalue weighted by molar-refractivity contribution is 0.0976. The van der Waals surface area contributed by atoms with Crippen LogP contribution in [0.25, 0.3) is 0 Å². The summed E-state index contributed by atoms with van der Waals surface area (Å²) in [6.45, 7) is 0. The summed E-state index contributed by atoms with van der Waals surface area (Å²) in [5.74, 6) is -1.12. The maximum Gasteiger partial charge on any atom is 0.197 e. The molecule has 136 valence electrons. The van der Waals surface area contributed by atoms with Crippen molar-refractivity contribution in [2.24, 2.45) is 4.99 Å². The Hall–Kier alpha value is -2.53. The first-order valence-electron chi connectivity index (χ1n) is 8.30. The maximum atomic E-state index is 13.2. The molecule has 4 nitrogen and oxygen atoms in total. The third-order valence-corrected chi connectivity index (χ3v) is 5.83. The maximum absolute atomic E-state index is 13.2. The Morgan fingerprint density at radius 3 is 2.25 bits per heavy atom. The number of fused-ring (bicyclic) bond motifs is 4. The van der Waals surface area contributed by atoms with Gasteiger partial charge in [-0.2, -0.15) is 0 Å². The van der Waals surface area contributed by atoms with Gasteiger partial charge in [-0.3, -0.25) is 14.4 Å². The number of carbonyl (C=O) groups excluding carboxylic acids is 3. The van der Waals surface area contributed by atoms with Gasteiger partial charge in [-0.15, -0.1) is 11.6 Å². The summed E-state index contributed by atoms with van der Waals surface area (Å²) in [4.78, 5) is 43.8. The number of benzene rings is 2. The lowest BCUT2D eigenvalue weighted by atomic mass is 9.74. The van der Waals surface area contributed by atoms with Crippen LogP contribution in [0.3, 0.4) is 0 Å². The Bertz CT molecular complexity index is 1250. The number of Topliss-reactive ketones (excluding diaryl/α,β-unsaturated/α-hetero) is 3. The molecule has 5 rings (SSSR count). The van der Waals surface area contributed by atoms with Crippen LogP contribution in [0.2, 0.25) is 10.0 Å². The highest BCUT2D eigenvalue weighted by Gasteiger charge is 2.43. The van der Waals surface area contributed by atoms with Gasteiger partial charge in [-0.1, -0.05) is 47.5 Å². The van der Waals surface area contributed by atoms with Crippen LogP contribution in [0.4, 0.5) is 5.69 Å². The number of halogens is 3.